The Bertz CT molecular complexity index is 491. The Kier molecular flexibility index (Phi) is 2.90. The van der Waals surface area contributed by atoms with Gasteiger partial charge in [0, 0.05) is 18.2 Å². The number of anilines is 1. The molecule has 1 aromatic carbocycles. The molecule has 0 saturated heterocycles. The van der Waals surface area contributed by atoms with E-state index in [0.717, 1.165) is 18.5 Å². The third-order valence-electron chi connectivity index (χ3n) is 2.37. The zero-order chi connectivity index (χ0) is 11.5. The van der Waals surface area contributed by atoms with Crippen LogP contribution in [0.4, 0.5) is 10.2 Å². The predicted octanol–water partition coefficient (Wildman–Crippen LogP) is 2.68. The largest absolute Gasteiger partial charge is 0.384 e. The van der Waals surface area contributed by atoms with Crippen LogP contribution in [-0.2, 0) is 6.54 Å². The maximum Gasteiger partial charge on any atom is 0.123 e. The van der Waals surface area contributed by atoms with Crippen molar-refractivity contribution in [1.82, 2.24) is 9.78 Å². The molecule has 0 fully saturated rings. The van der Waals surface area contributed by atoms with Gasteiger partial charge in [-0.1, -0.05) is 19.1 Å². The summed E-state index contributed by atoms with van der Waals surface area (Å²) in [7, 11) is 0. The Labute approximate surface area is 93.7 Å². The Hall–Kier alpha value is -1.84. The molecule has 1 aromatic heterocycles. The lowest BCUT2D eigenvalue weighted by Crippen LogP contribution is -2.03. The number of nitrogens with two attached hydrogens (primary N) is 1. The first-order valence-electron chi connectivity index (χ1n) is 5.30. The molecule has 3 nitrogen and oxygen atoms in total. The number of hydrogen-bond donors (Lipinski definition) is 1. The topological polar surface area (TPSA) is 43.8 Å². The lowest BCUT2D eigenvalue weighted by atomic mass is 10.1. The SMILES string of the molecule is CCCn1nc(-c2cccc(F)c2)cc1N. The number of nitrogens with zero attached hydrogens (tertiary/aromatic N) is 2. The molecule has 0 atom stereocenters. The van der Waals surface area contributed by atoms with E-state index >= 15 is 0 Å². The van der Waals surface area contributed by atoms with Gasteiger partial charge in [-0.05, 0) is 18.6 Å². The van der Waals surface area contributed by atoms with Crippen LogP contribution in [0.15, 0.2) is 30.3 Å². The molecule has 0 aliphatic rings. The number of hydrogen-bond acceptors (Lipinski definition) is 2. The van der Waals surface area contributed by atoms with E-state index in [1.807, 2.05) is 6.07 Å². The van der Waals surface area contributed by atoms with E-state index in [2.05, 4.69) is 12.0 Å². The molecule has 2 aromatic rings. The van der Waals surface area contributed by atoms with Gasteiger partial charge in [0.1, 0.15) is 11.6 Å². The normalized spacial score (nSPS) is 10.6. The quantitative estimate of drug-likeness (QED) is 0.862. The van der Waals surface area contributed by atoms with Crippen LogP contribution in [0.3, 0.4) is 0 Å². The van der Waals surface area contributed by atoms with Gasteiger partial charge in [0.2, 0.25) is 0 Å². The van der Waals surface area contributed by atoms with Gasteiger partial charge in [0.15, 0.2) is 0 Å². The van der Waals surface area contributed by atoms with Crippen LogP contribution in [-0.4, -0.2) is 9.78 Å². The summed E-state index contributed by atoms with van der Waals surface area (Å²) in [6.45, 7) is 2.84. The molecule has 4 heteroatoms. The number of benzene rings is 1. The van der Waals surface area contributed by atoms with E-state index in [0.29, 0.717) is 11.5 Å². The smallest absolute Gasteiger partial charge is 0.123 e. The van der Waals surface area contributed by atoms with Crippen molar-refractivity contribution >= 4 is 5.82 Å². The van der Waals surface area contributed by atoms with Gasteiger partial charge in [-0.25, -0.2) is 9.07 Å². The molecular weight excluding hydrogens is 205 g/mol. The number of rotatable bonds is 3. The minimum absolute atomic E-state index is 0.263. The first-order valence-corrected chi connectivity index (χ1v) is 5.30. The molecule has 2 rings (SSSR count). The molecule has 0 spiro atoms. The van der Waals surface area contributed by atoms with E-state index in [1.54, 1.807) is 16.8 Å². The van der Waals surface area contributed by atoms with Gasteiger partial charge in [-0.2, -0.15) is 5.10 Å². The fraction of sp³-hybridized carbons (Fsp3) is 0.250. The molecule has 16 heavy (non-hydrogen) atoms. The minimum atomic E-state index is -0.263. The van der Waals surface area contributed by atoms with E-state index in [-0.39, 0.29) is 5.82 Å². The average Bonchev–Trinajstić information content (AvgIpc) is 2.61. The molecule has 0 radical (unpaired) electrons. The fourth-order valence-corrected chi connectivity index (χ4v) is 1.61. The molecule has 0 saturated carbocycles. The Morgan fingerprint density at radius 2 is 2.19 bits per heavy atom. The monoisotopic (exact) mass is 219 g/mol. The van der Waals surface area contributed by atoms with Gasteiger partial charge in [-0.3, -0.25) is 0 Å². The number of aryl methyl sites for hydroxylation is 1. The molecule has 0 amide bonds. The molecule has 2 N–H and O–H groups in total. The Morgan fingerprint density at radius 1 is 1.38 bits per heavy atom. The van der Waals surface area contributed by atoms with Crippen molar-refractivity contribution in [1.29, 1.82) is 0 Å². The first kappa shape index (κ1) is 10.7. The molecular formula is C12H14FN3. The second-order valence-corrected chi connectivity index (χ2v) is 3.69. The third kappa shape index (κ3) is 2.05. The highest BCUT2D eigenvalue weighted by Gasteiger charge is 2.06. The van der Waals surface area contributed by atoms with E-state index in [4.69, 9.17) is 5.73 Å². The van der Waals surface area contributed by atoms with Gasteiger partial charge in [0.25, 0.3) is 0 Å². The van der Waals surface area contributed by atoms with Crippen LogP contribution in [0.5, 0.6) is 0 Å². The lowest BCUT2D eigenvalue weighted by Gasteiger charge is -1.99. The van der Waals surface area contributed by atoms with Crippen molar-refractivity contribution < 1.29 is 4.39 Å². The highest BCUT2D eigenvalue weighted by Crippen LogP contribution is 2.21. The summed E-state index contributed by atoms with van der Waals surface area (Å²) >= 11 is 0. The number of halogens is 1. The summed E-state index contributed by atoms with van der Waals surface area (Å²) in [5.41, 5.74) is 7.27. The standard InChI is InChI=1S/C12H14FN3/c1-2-6-16-12(14)8-11(15-16)9-4-3-5-10(13)7-9/h3-5,7-8H,2,6,14H2,1H3. The number of aromatic nitrogens is 2. The first-order chi connectivity index (χ1) is 7.70. The summed E-state index contributed by atoms with van der Waals surface area (Å²) in [6, 6.07) is 8.12. The van der Waals surface area contributed by atoms with Crippen molar-refractivity contribution in [2.75, 3.05) is 5.73 Å². The van der Waals surface area contributed by atoms with Gasteiger partial charge in [-0.15, -0.1) is 0 Å². The Morgan fingerprint density at radius 3 is 2.88 bits per heavy atom. The lowest BCUT2D eigenvalue weighted by molar-refractivity contribution is 0.612. The fourth-order valence-electron chi connectivity index (χ4n) is 1.61. The average molecular weight is 219 g/mol. The van der Waals surface area contributed by atoms with E-state index in [1.165, 1.54) is 12.1 Å². The Balaban J connectivity index is 2.37. The van der Waals surface area contributed by atoms with Crippen LogP contribution in [0.25, 0.3) is 11.3 Å². The predicted molar refractivity (Wildman–Crippen MR) is 62.3 cm³/mol. The molecule has 0 aliphatic heterocycles. The second-order valence-electron chi connectivity index (χ2n) is 3.69. The highest BCUT2D eigenvalue weighted by atomic mass is 19.1. The zero-order valence-electron chi connectivity index (χ0n) is 9.15. The van der Waals surface area contributed by atoms with E-state index < -0.39 is 0 Å². The molecule has 1 heterocycles. The van der Waals surface area contributed by atoms with Crippen molar-refractivity contribution in [2.45, 2.75) is 19.9 Å². The maximum atomic E-state index is 13.0. The van der Waals surface area contributed by atoms with Crippen molar-refractivity contribution in [3.8, 4) is 11.3 Å². The van der Waals surface area contributed by atoms with E-state index in [9.17, 15) is 4.39 Å². The highest BCUT2D eigenvalue weighted by molar-refractivity contribution is 5.62. The summed E-state index contributed by atoms with van der Waals surface area (Å²) in [6.07, 6.45) is 0.967. The third-order valence-corrected chi connectivity index (χ3v) is 2.37. The second kappa shape index (κ2) is 4.35. The van der Waals surface area contributed by atoms with Crippen LogP contribution < -0.4 is 5.73 Å². The van der Waals surface area contributed by atoms with Crippen molar-refractivity contribution in [3.63, 3.8) is 0 Å². The molecule has 0 unspecified atom stereocenters. The molecule has 84 valence electrons. The van der Waals surface area contributed by atoms with Gasteiger partial charge in [0.05, 0.1) is 5.69 Å². The summed E-state index contributed by atoms with van der Waals surface area (Å²) < 4.78 is 14.8. The molecule has 0 aliphatic carbocycles. The van der Waals surface area contributed by atoms with Crippen molar-refractivity contribution in [3.05, 3.63) is 36.1 Å². The zero-order valence-corrected chi connectivity index (χ0v) is 9.15. The van der Waals surface area contributed by atoms with Crippen LogP contribution in [0, 0.1) is 5.82 Å². The summed E-state index contributed by atoms with van der Waals surface area (Å²) in [4.78, 5) is 0. The van der Waals surface area contributed by atoms with Crippen molar-refractivity contribution in [2.24, 2.45) is 0 Å². The molecule has 0 bridgehead atoms. The summed E-state index contributed by atoms with van der Waals surface area (Å²) in [5.74, 6) is 0.349. The minimum Gasteiger partial charge on any atom is -0.384 e. The maximum absolute atomic E-state index is 13.0. The van der Waals surface area contributed by atoms with Gasteiger partial charge >= 0.3 is 0 Å². The number of nitrogen functional groups attached to an aromatic ring is 1. The van der Waals surface area contributed by atoms with Crippen LogP contribution in [0.2, 0.25) is 0 Å². The van der Waals surface area contributed by atoms with Gasteiger partial charge < -0.3 is 5.73 Å². The van der Waals surface area contributed by atoms with Crippen LogP contribution >= 0.6 is 0 Å². The van der Waals surface area contributed by atoms with Crippen LogP contribution in [0.1, 0.15) is 13.3 Å². The summed E-state index contributed by atoms with van der Waals surface area (Å²) in [5, 5.41) is 4.34.